The molecule has 2 unspecified atom stereocenters. The van der Waals surface area contributed by atoms with E-state index in [0.717, 1.165) is 0 Å². The van der Waals surface area contributed by atoms with E-state index < -0.39 is 24.8 Å². The molecule has 2 N–H and O–H groups in total. The first-order chi connectivity index (χ1) is 4.59. The molecule has 0 aromatic rings. The van der Waals surface area contributed by atoms with Gasteiger partial charge in [-0.25, -0.2) is 9.18 Å². The molecule has 0 amide bonds. The summed E-state index contributed by atoms with van der Waals surface area (Å²) in [7, 11) is 0. The number of halogens is 1. The largest absolute Gasteiger partial charge is 0.479 e. The first kappa shape index (κ1) is 9.03. The predicted octanol–water partition coefficient (Wildman–Crippen LogP) is -0.529. The molecule has 0 aromatic carbocycles. The van der Waals surface area contributed by atoms with Crippen LogP contribution in [0, 0.1) is 0 Å². The Hall–Kier alpha value is -0.970. The molecule has 0 saturated carbocycles. The van der Waals surface area contributed by atoms with Crippen molar-refractivity contribution in [3.05, 3.63) is 0 Å². The van der Waals surface area contributed by atoms with Crippen LogP contribution < -0.4 is 0 Å². The highest BCUT2D eigenvalue weighted by Gasteiger charge is 2.24. The summed E-state index contributed by atoms with van der Waals surface area (Å²) in [5.41, 5.74) is 0. The second kappa shape index (κ2) is 3.94. The van der Waals surface area contributed by atoms with Gasteiger partial charge in [0.1, 0.15) is 0 Å². The highest BCUT2D eigenvalue weighted by molar-refractivity contribution is 5.72. The molecule has 0 fully saturated rings. The van der Waals surface area contributed by atoms with Crippen LogP contribution in [0.2, 0.25) is 0 Å². The van der Waals surface area contributed by atoms with Gasteiger partial charge in [0.05, 0.1) is 6.54 Å². The molecule has 0 saturated heterocycles. The number of alkyl halides is 1. The normalized spacial score (nSPS) is 15.8. The number of aliphatic imine (C=N–C) groups is 1. The van der Waals surface area contributed by atoms with E-state index >= 15 is 0 Å². The van der Waals surface area contributed by atoms with E-state index in [0.29, 0.717) is 0 Å². The fourth-order valence-electron chi connectivity index (χ4n) is 0.378. The minimum atomic E-state index is -1.99. The highest BCUT2D eigenvalue weighted by Crippen LogP contribution is 1.98. The second-order valence-electron chi connectivity index (χ2n) is 1.71. The lowest BCUT2D eigenvalue weighted by Crippen LogP contribution is -2.32. The van der Waals surface area contributed by atoms with E-state index in [1.54, 1.807) is 0 Å². The van der Waals surface area contributed by atoms with Crippen LogP contribution in [0.4, 0.5) is 4.39 Å². The van der Waals surface area contributed by atoms with Gasteiger partial charge in [-0.15, -0.1) is 0 Å². The van der Waals surface area contributed by atoms with Crippen molar-refractivity contribution in [1.82, 2.24) is 0 Å². The summed E-state index contributed by atoms with van der Waals surface area (Å²) in [5.74, 6) is -1.59. The van der Waals surface area contributed by atoms with Gasteiger partial charge in [0, 0.05) is 0 Å². The summed E-state index contributed by atoms with van der Waals surface area (Å²) in [4.78, 5) is 13.0. The smallest absolute Gasteiger partial charge is 0.335 e. The molecule has 0 radical (unpaired) electrons. The molecule has 0 aliphatic rings. The number of hydrogen-bond acceptors (Lipinski definition) is 3. The zero-order chi connectivity index (χ0) is 8.15. The third kappa shape index (κ3) is 2.54. The first-order valence-corrected chi connectivity index (χ1v) is 2.57. The Bertz CT molecular complexity index is 139. The molecule has 5 heteroatoms. The Morgan fingerprint density at radius 2 is 2.30 bits per heavy atom. The van der Waals surface area contributed by atoms with Crippen molar-refractivity contribution in [2.75, 3.05) is 6.54 Å². The van der Waals surface area contributed by atoms with Gasteiger partial charge in [0.2, 0.25) is 0 Å². The Balaban J connectivity index is 3.80. The van der Waals surface area contributed by atoms with E-state index in [1.807, 2.05) is 0 Å². The Morgan fingerprint density at radius 3 is 2.60 bits per heavy atom. The van der Waals surface area contributed by atoms with Crippen LogP contribution in [0.25, 0.3) is 0 Å². The zero-order valence-electron chi connectivity index (χ0n) is 5.20. The van der Waals surface area contributed by atoms with Gasteiger partial charge in [-0.3, -0.25) is 4.99 Å². The molecule has 4 nitrogen and oxygen atoms in total. The molecule has 0 aliphatic carbocycles. The zero-order valence-corrected chi connectivity index (χ0v) is 5.20. The molecule has 0 spiro atoms. The summed E-state index contributed by atoms with van der Waals surface area (Å²) in [6.07, 6.45) is -3.86. The SMILES string of the molecule is C=NCC(F)C(O)C(=O)O. The van der Waals surface area contributed by atoms with Crippen LogP contribution in [0.1, 0.15) is 0 Å². The molecular formula is C5H8FNO3. The Kier molecular flexibility index (Phi) is 3.56. The van der Waals surface area contributed by atoms with Crippen LogP contribution in [-0.4, -0.2) is 41.7 Å². The van der Waals surface area contributed by atoms with Crippen molar-refractivity contribution in [3.8, 4) is 0 Å². The van der Waals surface area contributed by atoms with Crippen LogP contribution in [0.3, 0.4) is 0 Å². The van der Waals surface area contributed by atoms with E-state index in [4.69, 9.17) is 10.2 Å². The average Bonchev–Trinajstić information content (AvgIpc) is 1.87. The molecule has 0 heterocycles. The maximum Gasteiger partial charge on any atom is 0.335 e. The lowest BCUT2D eigenvalue weighted by atomic mass is 10.2. The summed E-state index contributed by atoms with van der Waals surface area (Å²) in [6.45, 7) is 2.55. The number of carbonyl (C=O) groups is 1. The van der Waals surface area contributed by atoms with Crippen molar-refractivity contribution < 1.29 is 19.4 Å². The number of carboxylic acids is 1. The van der Waals surface area contributed by atoms with E-state index in [2.05, 4.69) is 11.7 Å². The minimum Gasteiger partial charge on any atom is -0.479 e. The van der Waals surface area contributed by atoms with Gasteiger partial charge in [0.25, 0.3) is 0 Å². The third-order valence-electron chi connectivity index (χ3n) is 0.899. The molecule has 0 aliphatic heterocycles. The number of rotatable bonds is 4. The van der Waals surface area contributed by atoms with Gasteiger partial charge in [0.15, 0.2) is 12.3 Å². The number of carboxylic acid groups (broad SMARTS) is 1. The molecular weight excluding hydrogens is 141 g/mol. The van der Waals surface area contributed by atoms with E-state index in [9.17, 15) is 9.18 Å². The average molecular weight is 149 g/mol. The van der Waals surface area contributed by atoms with Crippen molar-refractivity contribution in [1.29, 1.82) is 0 Å². The topological polar surface area (TPSA) is 69.9 Å². The molecule has 0 rings (SSSR count). The summed E-state index contributed by atoms with van der Waals surface area (Å²) in [5, 5.41) is 16.5. The second-order valence-corrected chi connectivity index (χ2v) is 1.71. The van der Waals surface area contributed by atoms with Gasteiger partial charge in [-0.2, -0.15) is 0 Å². The van der Waals surface area contributed by atoms with E-state index in [-0.39, 0.29) is 0 Å². The summed E-state index contributed by atoms with van der Waals surface area (Å²) >= 11 is 0. The van der Waals surface area contributed by atoms with Gasteiger partial charge >= 0.3 is 5.97 Å². The van der Waals surface area contributed by atoms with Crippen LogP contribution in [0.15, 0.2) is 4.99 Å². The fraction of sp³-hybridized carbons (Fsp3) is 0.600. The molecule has 58 valence electrons. The van der Waals surface area contributed by atoms with Crippen LogP contribution in [0.5, 0.6) is 0 Å². The monoisotopic (exact) mass is 149 g/mol. The van der Waals surface area contributed by atoms with Gasteiger partial charge in [-0.05, 0) is 6.72 Å². The number of aliphatic carboxylic acids is 1. The lowest BCUT2D eigenvalue weighted by Gasteiger charge is -2.07. The molecule has 10 heavy (non-hydrogen) atoms. The predicted molar refractivity (Wildman–Crippen MR) is 33.0 cm³/mol. The van der Waals surface area contributed by atoms with E-state index in [1.165, 1.54) is 0 Å². The number of nitrogens with zero attached hydrogens (tertiary/aromatic N) is 1. The van der Waals surface area contributed by atoms with Crippen molar-refractivity contribution in [3.63, 3.8) is 0 Å². The van der Waals surface area contributed by atoms with Gasteiger partial charge in [-0.1, -0.05) is 0 Å². The van der Waals surface area contributed by atoms with Crippen LogP contribution >= 0.6 is 0 Å². The lowest BCUT2D eigenvalue weighted by molar-refractivity contribution is -0.149. The minimum absolute atomic E-state index is 0.395. The fourth-order valence-corrected chi connectivity index (χ4v) is 0.378. The maximum atomic E-state index is 12.3. The molecule has 2 atom stereocenters. The summed E-state index contributed by atoms with van der Waals surface area (Å²) < 4.78 is 12.3. The molecule has 0 aromatic heterocycles. The molecule has 0 bridgehead atoms. The number of hydrogen-bond donors (Lipinski definition) is 2. The van der Waals surface area contributed by atoms with Crippen molar-refractivity contribution >= 4 is 12.7 Å². The number of aliphatic hydroxyl groups excluding tert-OH is 1. The first-order valence-electron chi connectivity index (χ1n) is 2.57. The van der Waals surface area contributed by atoms with Crippen LogP contribution in [-0.2, 0) is 4.79 Å². The standard InChI is InChI=1S/C5H8FNO3/c1-7-2-3(6)4(8)5(9)10/h3-4,8H,1-2H2,(H,9,10). The Morgan fingerprint density at radius 1 is 1.80 bits per heavy atom. The Labute approximate surface area is 57.0 Å². The van der Waals surface area contributed by atoms with Gasteiger partial charge < -0.3 is 10.2 Å². The number of aliphatic hydroxyl groups is 1. The highest BCUT2D eigenvalue weighted by atomic mass is 19.1. The third-order valence-corrected chi connectivity index (χ3v) is 0.899. The van der Waals surface area contributed by atoms with Crippen molar-refractivity contribution in [2.45, 2.75) is 12.3 Å². The maximum absolute atomic E-state index is 12.3. The quantitative estimate of drug-likeness (QED) is 0.528. The summed E-state index contributed by atoms with van der Waals surface area (Å²) in [6, 6.07) is 0. The van der Waals surface area contributed by atoms with Crippen molar-refractivity contribution in [2.24, 2.45) is 4.99 Å².